The second-order valence-electron chi connectivity index (χ2n) is 7.34. The summed E-state index contributed by atoms with van der Waals surface area (Å²) in [4.78, 5) is 13.7. The Morgan fingerprint density at radius 2 is 1.65 bits per heavy atom. The summed E-state index contributed by atoms with van der Waals surface area (Å²) >= 11 is 0. The van der Waals surface area contributed by atoms with Crippen molar-refractivity contribution in [2.75, 3.05) is 6.61 Å². The van der Waals surface area contributed by atoms with Crippen molar-refractivity contribution in [1.82, 2.24) is 4.90 Å². The Labute approximate surface area is 157 Å². The number of likely N-dealkylation sites (tertiary alicyclic amines) is 1. The van der Waals surface area contributed by atoms with Crippen molar-refractivity contribution in [3.8, 4) is 0 Å². The monoisotopic (exact) mass is 351 g/mol. The predicted molar refractivity (Wildman–Crippen MR) is 105 cm³/mol. The van der Waals surface area contributed by atoms with Crippen LogP contribution in [0.5, 0.6) is 0 Å². The first-order valence-electron chi connectivity index (χ1n) is 9.63. The maximum atomic E-state index is 11.2. The van der Waals surface area contributed by atoms with Crippen LogP contribution in [0.2, 0.25) is 0 Å². The summed E-state index contributed by atoms with van der Waals surface area (Å²) in [7, 11) is 0. The van der Waals surface area contributed by atoms with E-state index in [0.29, 0.717) is 37.6 Å². The van der Waals surface area contributed by atoms with Gasteiger partial charge in [-0.05, 0) is 29.9 Å². The summed E-state index contributed by atoms with van der Waals surface area (Å²) in [5, 5.41) is 0. The second-order valence-corrected chi connectivity index (χ2v) is 7.34. The van der Waals surface area contributed by atoms with E-state index >= 15 is 0 Å². The van der Waals surface area contributed by atoms with Crippen LogP contribution in [0.15, 0.2) is 60.7 Å². The molecule has 0 bridgehead atoms. The van der Waals surface area contributed by atoms with Gasteiger partial charge in [-0.15, -0.1) is 0 Å². The molecule has 2 aromatic carbocycles. The van der Waals surface area contributed by atoms with Gasteiger partial charge in [0.05, 0.1) is 13.2 Å². The third kappa shape index (κ3) is 5.03. The Balaban J connectivity index is 1.68. The third-order valence-electron chi connectivity index (χ3n) is 5.48. The molecule has 0 amide bonds. The maximum absolute atomic E-state index is 11.2. The van der Waals surface area contributed by atoms with Crippen molar-refractivity contribution in [2.45, 2.75) is 51.4 Å². The summed E-state index contributed by atoms with van der Waals surface area (Å²) in [6.45, 7) is 4.54. The second kappa shape index (κ2) is 9.65. The van der Waals surface area contributed by atoms with Crippen LogP contribution >= 0.6 is 0 Å². The molecule has 0 saturated carbocycles. The lowest BCUT2D eigenvalue weighted by Crippen LogP contribution is -2.52. The summed E-state index contributed by atoms with van der Waals surface area (Å²) in [5.74, 6) is 0.567. The van der Waals surface area contributed by atoms with E-state index in [1.54, 1.807) is 0 Å². The van der Waals surface area contributed by atoms with E-state index in [-0.39, 0.29) is 0 Å². The van der Waals surface area contributed by atoms with E-state index in [1.165, 1.54) is 11.1 Å². The van der Waals surface area contributed by atoms with Crippen molar-refractivity contribution in [3.05, 3.63) is 71.8 Å². The van der Waals surface area contributed by atoms with Gasteiger partial charge in [0.1, 0.15) is 6.29 Å². The molecule has 1 aliphatic rings. The Morgan fingerprint density at radius 1 is 1.00 bits per heavy atom. The van der Waals surface area contributed by atoms with Crippen molar-refractivity contribution < 1.29 is 9.53 Å². The number of aldehydes is 1. The van der Waals surface area contributed by atoms with Gasteiger partial charge in [-0.2, -0.15) is 0 Å². The first-order chi connectivity index (χ1) is 12.8. The molecular formula is C23H29NO2. The average molecular weight is 351 g/mol. The number of hydrogen-bond acceptors (Lipinski definition) is 3. The van der Waals surface area contributed by atoms with Crippen molar-refractivity contribution in [3.63, 3.8) is 0 Å². The topological polar surface area (TPSA) is 29.5 Å². The molecule has 3 nitrogen and oxygen atoms in total. The van der Waals surface area contributed by atoms with Gasteiger partial charge in [-0.3, -0.25) is 4.90 Å². The van der Waals surface area contributed by atoms with E-state index in [1.807, 2.05) is 24.3 Å². The quantitative estimate of drug-likeness (QED) is 0.658. The van der Waals surface area contributed by atoms with Crippen LogP contribution in [-0.4, -0.2) is 29.9 Å². The van der Waals surface area contributed by atoms with Crippen LogP contribution < -0.4 is 0 Å². The highest BCUT2D eigenvalue weighted by atomic mass is 16.5. The average Bonchev–Trinajstić information content (AvgIpc) is 2.68. The molecule has 3 atom stereocenters. The number of piperidine rings is 1. The van der Waals surface area contributed by atoms with Gasteiger partial charge in [0.25, 0.3) is 0 Å². The largest absolute Gasteiger partial charge is 0.375 e. The number of hydrogen-bond donors (Lipinski definition) is 0. The fourth-order valence-electron chi connectivity index (χ4n) is 3.95. The van der Waals surface area contributed by atoms with Gasteiger partial charge in [-0.25, -0.2) is 0 Å². The molecule has 1 saturated heterocycles. The Morgan fingerprint density at radius 3 is 2.31 bits per heavy atom. The fourth-order valence-corrected chi connectivity index (χ4v) is 3.95. The number of ether oxygens (including phenoxy) is 1. The van der Waals surface area contributed by atoms with Crippen LogP contribution in [0.3, 0.4) is 0 Å². The van der Waals surface area contributed by atoms with Gasteiger partial charge < -0.3 is 9.53 Å². The SMILES string of the molecule is CC1CC[C@H](CC=O)N(Cc2ccccc2)C1COCc1ccccc1. The molecule has 1 aliphatic heterocycles. The fraction of sp³-hybridized carbons (Fsp3) is 0.435. The Bertz CT molecular complexity index is 658. The van der Waals surface area contributed by atoms with E-state index in [0.717, 1.165) is 25.7 Å². The van der Waals surface area contributed by atoms with Crippen molar-refractivity contribution in [2.24, 2.45) is 5.92 Å². The molecular weight excluding hydrogens is 322 g/mol. The molecule has 2 aromatic rings. The van der Waals surface area contributed by atoms with E-state index < -0.39 is 0 Å². The van der Waals surface area contributed by atoms with Gasteiger partial charge in [0.2, 0.25) is 0 Å². The molecule has 1 heterocycles. The number of carbonyl (C=O) groups is 1. The Hall–Kier alpha value is -1.97. The van der Waals surface area contributed by atoms with E-state index in [4.69, 9.17) is 4.74 Å². The first kappa shape index (κ1) is 18.8. The van der Waals surface area contributed by atoms with Gasteiger partial charge in [-0.1, -0.05) is 67.6 Å². The lowest BCUT2D eigenvalue weighted by molar-refractivity contribution is -0.110. The lowest BCUT2D eigenvalue weighted by atomic mass is 9.85. The zero-order chi connectivity index (χ0) is 18.2. The van der Waals surface area contributed by atoms with Gasteiger partial charge >= 0.3 is 0 Å². The zero-order valence-electron chi connectivity index (χ0n) is 15.6. The highest BCUT2D eigenvalue weighted by Crippen LogP contribution is 2.31. The summed E-state index contributed by atoms with van der Waals surface area (Å²) in [6, 6.07) is 21.5. The number of benzene rings is 2. The first-order valence-corrected chi connectivity index (χ1v) is 9.63. The minimum Gasteiger partial charge on any atom is -0.375 e. The molecule has 2 unspecified atom stereocenters. The molecule has 26 heavy (non-hydrogen) atoms. The number of carbonyl (C=O) groups excluding carboxylic acids is 1. The lowest BCUT2D eigenvalue weighted by Gasteiger charge is -2.45. The predicted octanol–water partition coefficient (Wildman–Crippen LogP) is 4.46. The Kier molecular flexibility index (Phi) is 6.98. The molecule has 0 radical (unpaired) electrons. The highest BCUT2D eigenvalue weighted by molar-refractivity contribution is 5.50. The number of rotatable bonds is 8. The van der Waals surface area contributed by atoms with Crippen LogP contribution in [0.1, 0.15) is 37.3 Å². The maximum Gasteiger partial charge on any atom is 0.121 e. The highest BCUT2D eigenvalue weighted by Gasteiger charge is 2.34. The van der Waals surface area contributed by atoms with Crippen LogP contribution in [0.4, 0.5) is 0 Å². The van der Waals surface area contributed by atoms with E-state index in [9.17, 15) is 4.79 Å². The van der Waals surface area contributed by atoms with Crippen LogP contribution in [0.25, 0.3) is 0 Å². The van der Waals surface area contributed by atoms with Gasteiger partial charge in [0.15, 0.2) is 0 Å². The zero-order valence-corrected chi connectivity index (χ0v) is 15.6. The third-order valence-corrected chi connectivity index (χ3v) is 5.48. The van der Waals surface area contributed by atoms with Crippen LogP contribution in [0, 0.1) is 5.92 Å². The van der Waals surface area contributed by atoms with E-state index in [2.05, 4.69) is 48.2 Å². The molecule has 0 aliphatic carbocycles. The molecule has 0 N–H and O–H groups in total. The standard InChI is InChI=1S/C23H29NO2/c1-19-12-13-22(14-15-25)24(16-20-8-4-2-5-9-20)23(19)18-26-17-21-10-6-3-7-11-21/h2-11,15,19,22-23H,12-14,16-18H2,1H3/t19?,22-,23?/m1/s1. The number of nitrogens with zero attached hydrogens (tertiary/aromatic N) is 1. The molecule has 0 spiro atoms. The molecule has 3 rings (SSSR count). The molecule has 0 aromatic heterocycles. The smallest absolute Gasteiger partial charge is 0.121 e. The molecule has 138 valence electrons. The molecule has 3 heteroatoms. The summed E-state index contributed by atoms with van der Waals surface area (Å²) in [5.41, 5.74) is 2.50. The van der Waals surface area contributed by atoms with Crippen molar-refractivity contribution >= 4 is 6.29 Å². The minimum absolute atomic E-state index is 0.314. The summed E-state index contributed by atoms with van der Waals surface area (Å²) in [6.07, 6.45) is 3.92. The van der Waals surface area contributed by atoms with Crippen LogP contribution in [-0.2, 0) is 22.7 Å². The van der Waals surface area contributed by atoms with Crippen molar-refractivity contribution in [1.29, 1.82) is 0 Å². The minimum atomic E-state index is 0.314. The molecule has 1 fully saturated rings. The van der Waals surface area contributed by atoms with Gasteiger partial charge in [0, 0.05) is 25.0 Å². The summed E-state index contributed by atoms with van der Waals surface area (Å²) < 4.78 is 6.09. The normalized spacial score (nSPS) is 23.7.